The minimum absolute atomic E-state index is 0.0106. The van der Waals surface area contributed by atoms with Crippen molar-refractivity contribution in [3.63, 3.8) is 0 Å². The molecule has 1 aliphatic rings. The highest BCUT2D eigenvalue weighted by Gasteiger charge is 2.32. The molecule has 0 saturated heterocycles. The van der Waals surface area contributed by atoms with Gasteiger partial charge in [0.05, 0.1) is 17.5 Å². The van der Waals surface area contributed by atoms with E-state index in [0.717, 1.165) is 22.2 Å². The standard InChI is InChI=1S/C16H13BrO2/c1-19-15-7-6-11(9-14(15)17)16(18)13-8-10-4-2-3-5-12(10)13/h2-7,9,13H,8H2,1H3. The highest BCUT2D eigenvalue weighted by atomic mass is 79.9. The average Bonchev–Trinajstić information content (AvgIpc) is 2.40. The Morgan fingerprint density at radius 2 is 2.05 bits per heavy atom. The third kappa shape index (κ3) is 2.08. The summed E-state index contributed by atoms with van der Waals surface area (Å²) in [6.45, 7) is 0. The van der Waals surface area contributed by atoms with Crippen LogP contribution in [0.15, 0.2) is 46.9 Å². The first-order valence-corrected chi connectivity index (χ1v) is 6.95. The summed E-state index contributed by atoms with van der Waals surface area (Å²) in [7, 11) is 1.61. The lowest BCUT2D eigenvalue weighted by molar-refractivity contribution is 0.0949. The van der Waals surface area contributed by atoms with Gasteiger partial charge in [-0.25, -0.2) is 0 Å². The number of hydrogen-bond acceptors (Lipinski definition) is 2. The third-order valence-corrected chi connectivity index (χ3v) is 4.23. The first kappa shape index (κ1) is 12.4. The summed E-state index contributed by atoms with van der Waals surface area (Å²) in [5.41, 5.74) is 3.18. The zero-order valence-electron chi connectivity index (χ0n) is 10.5. The molecule has 0 spiro atoms. The van der Waals surface area contributed by atoms with Crippen molar-refractivity contribution in [1.29, 1.82) is 0 Å². The van der Waals surface area contributed by atoms with Crippen LogP contribution in [0.4, 0.5) is 0 Å². The number of Topliss-reactive ketones (excluding diaryl/α,β-unsaturated/α-hetero) is 1. The van der Waals surface area contributed by atoms with Crippen molar-refractivity contribution in [2.24, 2.45) is 0 Å². The predicted octanol–water partition coefficient (Wildman–Crippen LogP) is 3.98. The van der Waals surface area contributed by atoms with Crippen molar-refractivity contribution in [2.45, 2.75) is 12.3 Å². The number of fused-ring (bicyclic) bond motifs is 1. The topological polar surface area (TPSA) is 26.3 Å². The maximum atomic E-state index is 12.5. The van der Waals surface area contributed by atoms with E-state index in [-0.39, 0.29) is 11.7 Å². The number of carbonyl (C=O) groups excluding carboxylic acids is 1. The third-order valence-electron chi connectivity index (χ3n) is 3.61. The van der Waals surface area contributed by atoms with Crippen LogP contribution < -0.4 is 4.74 Å². The second-order valence-electron chi connectivity index (χ2n) is 4.67. The normalized spacial score (nSPS) is 16.4. The number of ether oxygens (including phenoxy) is 1. The highest BCUT2D eigenvalue weighted by Crippen LogP contribution is 2.38. The summed E-state index contributed by atoms with van der Waals surface area (Å²) < 4.78 is 5.99. The smallest absolute Gasteiger partial charge is 0.170 e. The molecule has 2 aromatic rings. The number of ketones is 1. The average molecular weight is 317 g/mol. The largest absolute Gasteiger partial charge is 0.496 e. The lowest BCUT2D eigenvalue weighted by Crippen LogP contribution is -2.25. The molecule has 0 N–H and O–H groups in total. The molecule has 0 heterocycles. The number of methoxy groups -OCH3 is 1. The number of halogens is 1. The quantitative estimate of drug-likeness (QED) is 0.801. The van der Waals surface area contributed by atoms with Gasteiger partial charge in [-0.3, -0.25) is 4.79 Å². The Labute approximate surface area is 120 Å². The number of hydrogen-bond donors (Lipinski definition) is 0. The van der Waals surface area contributed by atoms with Crippen LogP contribution in [0.2, 0.25) is 0 Å². The fourth-order valence-electron chi connectivity index (χ4n) is 2.51. The molecule has 0 aliphatic heterocycles. The fraction of sp³-hybridized carbons (Fsp3) is 0.188. The van der Waals surface area contributed by atoms with Crippen molar-refractivity contribution in [3.8, 4) is 5.75 Å². The minimum atomic E-state index is 0.0106. The first-order chi connectivity index (χ1) is 9.20. The van der Waals surface area contributed by atoms with E-state index in [1.807, 2.05) is 36.4 Å². The molecule has 3 heteroatoms. The van der Waals surface area contributed by atoms with Gasteiger partial charge in [-0.05, 0) is 51.7 Å². The van der Waals surface area contributed by atoms with Gasteiger partial charge in [0.2, 0.25) is 0 Å². The molecule has 3 rings (SSSR count). The summed E-state index contributed by atoms with van der Waals surface area (Å²) >= 11 is 3.42. The lowest BCUT2D eigenvalue weighted by Gasteiger charge is -2.28. The van der Waals surface area contributed by atoms with Crippen LogP contribution in [-0.4, -0.2) is 12.9 Å². The molecule has 1 atom stereocenters. The Hall–Kier alpha value is -1.61. The molecule has 0 aromatic heterocycles. The van der Waals surface area contributed by atoms with Gasteiger partial charge in [-0.1, -0.05) is 24.3 Å². The molecule has 0 fully saturated rings. The lowest BCUT2D eigenvalue weighted by atomic mass is 9.74. The molecule has 2 aromatic carbocycles. The summed E-state index contributed by atoms with van der Waals surface area (Å²) in [4.78, 5) is 12.5. The summed E-state index contributed by atoms with van der Waals surface area (Å²) in [5, 5.41) is 0. The molecule has 0 saturated carbocycles. The Kier molecular flexibility index (Phi) is 3.15. The van der Waals surface area contributed by atoms with Gasteiger partial charge < -0.3 is 4.74 Å². The van der Waals surface area contributed by atoms with E-state index >= 15 is 0 Å². The highest BCUT2D eigenvalue weighted by molar-refractivity contribution is 9.10. The van der Waals surface area contributed by atoms with Gasteiger partial charge in [0.25, 0.3) is 0 Å². The van der Waals surface area contributed by atoms with Gasteiger partial charge in [-0.2, -0.15) is 0 Å². The van der Waals surface area contributed by atoms with Gasteiger partial charge in [0.1, 0.15) is 5.75 Å². The van der Waals surface area contributed by atoms with E-state index in [1.54, 1.807) is 7.11 Å². The molecule has 0 amide bonds. The van der Waals surface area contributed by atoms with E-state index in [2.05, 4.69) is 22.0 Å². The number of carbonyl (C=O) groups is 1. The number of rotatable bonds is 3. The van der Waals surface area contributed by atoms with Crippen LogP contribution in [0.3, 0.4) is 0 Å². The maximum absolute atomic E-state index is 12.5. The zero-order valence-corrected chi connectivity index (χ0v) is 12.1. The SMILES string of the molecule is COc1ccc(C(=O)C2Cc3ccccc32)cc1Br. The van der Waals surface area contributed by atoms with Crippen LogP contribution >= 0.6 is 15.9 Å². The van der Waals surface area contributed by atoms with Crippen molar-refractivity contribution in [1.82, 2.24) is 0 Å². The van der Waals surface area contributed by atoms with Gasteiger partial charge >= 0.3 is 0 Å². The summed E-state index contributed by atoms with van der Waals surface area (Å²) in [6.07, 6.45) is 0.846. The molecule has 0 radical (unpaired) electrons. The van der Waals surface area contributed by atoms with Crippen molar-refractivity contribution in [3.05, 3.63) is 63.6 Å². The van der Waals surface area contributed by atoms with Crippen LogP contribution in [0.5, 0.6) is 5.75 Å². The Bertz CT molecular complexity index is 649. The van der Waals surface area contributed by atoms with Crippen LogP contribution in [0.25, 0.3) is 0 Å². The predicted molar refractivity (Wildman–Crippen MR) is 77.9 cm³/mol. The second kappa shape index (κ2) is 4.82. The van der Waals surface area contributed by atoms with E-state index < -0.39 is 0 Å². The molecular weight excluding hydrogens is 304 g/mol. The van der Waals surface area contributed by atoms with Crippen molar-refractivity contribution < 1.29 is 9.53 Å². The van der Waals surface area contributed by atoms with Gasteiger partial charge in [0, 0.05) is 5.56 Å². The molecule has 2 nitrogen and oxygen atoms in total. The Morgan fingerprint density at radius 3 is 2.74 bits per heavy atom. The molecule has 96 valence electrons. The van der Waals surface area contributed by atoms with E-state index in [9.17, 15) is 4.79 Å². The van der Waals surface area contributed by atoms with Crippen LogP contribution in [0.1, 0.15) is 27.4 Å². The molecule has 1 unspecified atom stereocenters. The van der Waals surface area contributed by atoms with Crippen molar-refractivity contribution in [2.75, 3.05) is 7.11 Å². The van der Waals surface area contributed by atoms with Crippen LogP contribution in [0, 0.1) is 0 Å². The number of benzene rings is 2. The maximum Gasteiger partial charge on any atom is 0.170 e. The molecule has 1 aliphatic carbocycles. The van der Waals surface area contributed by atoms with Gasteiger partial charge in [0.15, 0.2) is 5.78 Å². The molecule has 0 bridgehead atoms. The monoisotopic (exact) mass is 316 g/mol. The van der Waals surface area contributed by atoms with Crippen LogP contribution in [-0.2, 0) is 6.42 Å². The van der Waals surface area contributed by atoms with E-state index in [4.69, 9.17) is 4.74 Å². The second-order valence-corrected chi connectivity index (χ2v) is 5.52. The van der Waals surface area contributed by atoms with E-state index in [1.165, 1.54) is 11.1 Å². The Morgan fingerprint density at radius 1 is 1.26 bits per heavy atom. The summed E-state index contributed by atoms with van der Waals surface area (Å²) in [6, 6.07) is 13.6. The Balaban J connectivity index is 1.88. The van der Waals surface area contributed by atoms with Gasteiger partial charge in [-0.15, -0.1) is 0 Å². The molecular formula is C16H13BrO2. The summed E-state index contributed by atoms with van der Waals surface area (Å²) in [5.74, 6) is 0.934. The fourth-order valence-corrected chi connectivity index (χ4v) is 3.05. The minimum Gasteiger partial charge on any atom is -0.496 e. The zero-order chi connectivity index (χ0) is 13.4. The van der Waals surface area contributed by atoms with Crippen molar-refractivity contribution >= 4 is 21.7 Å². The molecule has 19 heavy (non-hydrogen) atoms. The first-order valence-electron chi connectivity index (χ1n) is 6.16. The van der Waals surface area contributed by atoms with E-state index in [0.29, 0.717) is 0 Å².